The van der Waals surface area contributed by atoms with Crippen LogP contribution in [0.15, 0.2) is 12.4 Å². The molecular weight excluding hydrogens is 178 g/mol. The Kier molecular flexibility index (Phi) is 2.72. The quantitative estimate of drug-likeness (QED) is 0.772. The second-order valence-electron chi connectivity index (χ2n) is 3.84. The summed E-state index contributed by atoms with van der Waals surface area (Å²) in [6.45, 7) is 5.31. The minimum atomic E-state index is 0.304. The van der Waals surface area contributed by atoms with Crippen LogP contribution in [-0.2, 0) is 6.54 Å². The molecule has 4 nitrogen and oxygen atoms in total. The van der Waals surface area contributed by atoms with E-state index >= 15 is 0 Å². The van der Waals surface area contributed by atoms with Gasteiger partial charge in [0, 0.05) is 38.4 Å². The lowest BCUT2D eigenvalue weighted by atomic mass is 10.1. The lowest BCUT2D eigenvalue weighted by Crippen LogP contribution is -2.20. The van der Waals surface area contributed by atoms with Gasteiger partial charge >= 0.3 is 0 Å². The van der Waals surface area contributed by atoms with Crippen LogP contribution in [0.1, 0.15) is 13.3 Å². The molecule has 1 aromatic heterocycles. The maximum absolute atomic E-state index is 9.03. The molecule has 0 spiro atoms. The Balaban J connectivity index is 2.02. The lowest BCUT2D eigenvalue weighted by Gasteiger charge is -2.15. The highest BCUT2D eigenvalue weighted by atomic mass is 16.3. The molecule has 1 aliphatic heterocycles. The van der Waals surface area contributed by atoms with Gasteiger partial charge < -0.3 is 10.0 Å². The van der Waals surface area contributed by atoms with Crippen LogP contribution in [-0.4, -0.2) is 34.6 Å². The summed E-state index contributed by atoms with van der Waals surface area (Å²) in [7, 11) is 0. The van der Waals surface area contributed by atoms with E-state index in [1.165, 1.54) is 5.69 Å². The first-order chi connectivity index (χ1) is 6.83. The Morgan fingerprint density at radius 3 is 3.07 bits per heavy atom. The molecule has 1 fully saturated rings. The third kappa shape index (κ3) is 1.75. The van der Waals surface area contributed by atoms with Crippen molar-refractivity contribution < 1.29 is 5.11 Å². The molecule has 0 aromatic carbocycles. The van der Waals surface area contributed by atoms with Crippen molar-refractivity contribution in [1.82, 2.24) is 9.78 Å². The van der Waals surface area contributed by atoms with Crippen molar-refractivity contribution in [3.63, 3.8) is 0 Å². The molecule has 0 radical (unpaired) electrons. The number of hydrogen-bond acceptors (Lipinski definition) is 3. The molecule has 1 saturated heterocycles. The minimum Gasteiger partial charge on any atom is -0.396 e. The van der Waals surface area contributed by atoms with Gasteiger partial charge in [0.15, 0.2) is 0 Å². The van der Waals surface area contributed by atoms with Gasteiger partial charge in [0.2, 0.25) is 0 Å². The number of anilines is 1. The Morgan fingerprint density at radius 2 is 2.50 bits per heavy atom. The molecule has 1 aromatic rings. The summed E-state index contributed by atoms with van der Waals surface area (Å²) < 4.78 is 1.93. The molecule has 0 bridgehead atoms. The Morgan fingerprint density at radius 1 is 1.64 bits per heavy atom. The van der Waals surface area contributed by atoms with Gasteiger partial charge in [0.25, 0.3) is 0 Å². The summed E-state index contributed by atoms with van der Waals surface area (Å²) >= 11 is 0. The van der Waals surface area contributed by atoms with Gasteiger partial charge in [-0.15, -0.1) is 0 Å². The van der Waals surface area contributed by atoms with Crippen molar-refractivity contribution >= 4 is 5.69 Å². The number of aliphatic hydroxyl groups excluding tert-OH is 1. The first-order valence-electron chi connectivity index (χ1n) is 5.21. The fourth-order valence-corrected chi connectivity index (χ4v) is 1.91. The topological polar surface area (TPSA) is 41.3 Å². The first kappa shape index (κ1) is 9.52. The maximum Gasteiger partial charge on any atom is 0.0752 e. The highest BCUT2D eigenvalue weighted by Gasteiger charge is 2.22. The van der Waals surface area contributed by atoms with Crippen LogP contribution in [0.2, 0.25) is 0 Å². The van der Waals surface area contributed by atoms with Crippen molar-refractivity contribution in [3.8, 4) is 0 Å². The summed E-state index contributed by atoms with van der Waals surface area (Å²) in [6.07, 6.45) is 5.07. The second kappa shape index (κ2) is 4.00. The summed E-state index contributed by atoms with van der Waals surface area (Å²) in [6, 6.07) is 0. The van der Waals surface area contributed by atoms with Gasteiger partial charge in [-0.1, -0.05) is 0 Å². The molecule has 0 amide bonds. The zero-order valence-corrected chi connectivity index (χ0v) is 8.56. The van der Waals surface area contributed by atoms with Gasteiger partial charge in [-0.2, -0.15) is 5.10 Å². The van der Waals surface area contributed by atoms with E-state index in [1.807, 2.05) is 10.9 Å². The van der Waals surface area contributed by atoms with Crippen molar-refractivity contribution in [3.05, 3.63) is 12.4 Å². The van der Waals surface area contributed by atoms with Gasteiger partial charge in [-0.3, -0.25) is 4.68 Å². The molecule has 2 heterocycles. The molecule has 1 aliphatic rings. The molecule has 0 aliphatic carbocycles. The van der Waals surface area contributed by atoms with Crippen molar-refractivity contribution in [1.29, 1.82) is 0 Å². The van der Waals surface area contributed by atoms with Crippen LogP contribution in [0.3, 0.4) is 0 Å². The van der Waals surface area contributed by atoms with E-state index in [9.17, 15) is 0 Å². The van der Waals surface area contributed by atoms with Gasteiger partial charge in [-0.25, -0.2) is 0 Å². The smallest absolute Gasteiger partial charge is 0.0752 e. The summed E-state index contributed by atoms with van der Waals surface area (Å²) in [5.74, 6) is 0.444. The highest BCUT2D eigenvalue weighted by Crippen LogP contribution is 2.22. The summed E-state index contributed by atoms with van der Waals surface area (Å²) in [4.78, 5) is 2.29. The average Bonchev–Trinajstić information content (AvgIpc) is 2.86. The predicted octanol–water partition coefficient (Wildman–Crippen LogP) is 0.722. The third-order valence-electron chi connectivity index (χ3n) is 2.85. The molecule has 0 saturated carbocycles. The van der Waals surface area contributed by atoms with Gasteiger partial charge in [0.1, 0.15) is 0 Å². The Hall–Kier alpha value is -1.03. The predicted molar refractivity (Wildman–Crippen MR) is 55.3 cm³/mol. The molecule has 1 N–H and O–H groups in total. The lowest BCUT2D eigenvalue weighted by molar-refractivity contribution is 0.238. The van der Waals surface area contributed by atoms with Crippen LogP contribution in [0, 0.1) is 5.92 Å². The SMILES string of the molecule is CCn1cc(N2CCC(CO)C2)cn1. The number of aryl methyl sites for hydroxylation is 1. The fraction of sp³-hybridized carbons (Fsp3) is 0.700. The van der Waals surface area contributed by atoms with Crippen LogP contribution in [0.4, 0.5) is 5.69 Å². The van der Waals surface area contributed by atoms with E-state index in [1.54, 1.807) is 0 Å². The van der Waals surface area contributed by atoms with E-state index in [0.717, 1.165) is 26.1 Å². The van der Waals surface area contributed by atoms with Crippen molar-refractivity contribution in [2.75, 3.05) is 24.6 Å². The van der Waals surface area contributed by atoms with Crippen LogP contribution in [0.25, 0.3) is 0 Å². The first-order valence-corrected chi connectivity index (χ1v) is 5.21. The van der Waals surface area contributed by atoms with Crippen molar-refractivity contribution in [2.24, 2.45) is 5.92 Å². The molecule has 14 heavy (non-hydrogen) atoms. The minimum absolute atomic E-state index is 0.304. The normalized spacial score (nSPS) is 21.9. The Labute approximate surface area is 84.1 Å². The van der Waals surface area contributed by atoms with E-state index < -0.39 is 0 Å². The van der Waals surface area contributed by atoms with Crippen LogP contribution < -0.4 is 4.90 Å². The molecular formula is C10H17N3O. The standard InChI is InChI=1S/C10H17N3O/c1-2-13-7-10(5-11-13)12-4-3-9(6-12)8-14/h5,7,9,14H,2-4,6,8H2,1H3. The average molecular weight is 195 g/mol. The monoisotopic (exact) mass is 195 g/mol. The van der Waals surface area contributed by atoms with E-state index in [-0.39, 0.29) is 0 Å². The number of nitrogens with zero attached hydrogens (tertiary/aromatic N) is 3. The van der Waals surface area contributed by atoms with Crippen LogP contribution in [0.5, 0.6) is 0 Å². The molecule has 1 unspecified atom stereocenters. The molecule has 78 valence electrons. The zero-order valence-electron chi connectivity index (χ0n) is 8.56. The van der Waals surface area contributed by atoms with E-state index in [2.05, 4.69) is 23.1 Å². The highest BCUT2D eigenvalue weighted by molar-refractivity contribution is 5.43. The van der Waals surface area contributed by atoms with Crippen LogP contribution >= 0.6 is 0 Å². The second-order valence-corrected chi connectivity index (χ2v) is 3.84. The number of hydrogen-bond donors (Lipinski definition) is 1. The maximum atomic E-state index is 9.03. The third-order valence-corrected chi connectivity index (χ3v) is 2.85. The molecule has 2 rings (SSSR count). The molecule has 4 heteroatoms. The summed E-state index contributed by atoms with van der Waals surface area (Å²) in [5.41, 5.74) is 1.18. The zero-order chi connectivity index (χ0) is 9.97. The fourth-order valence-electron chi connectivity index (χ4n) is 1.91. The summed E-state index contributed by atoms with van der Waals surface area (Å²) in [5, 5.41) is 13.3. The Bertz CT molecular complexity index is 297. The molecule has 1 atom stereocenters. The van der Waals surface area contributed by atoms with Crippen molar-refractivity contribution in [2.45, 2.75) is 19.9 Å². The number of aliphatic hydroxyl groups is 1. The van der Waals surface area contributed by atoms with Gasteiger partial charge in [0.05, 0.1) is 11.9 Å². The van der Waals surface area contributed by atoms with E-state index in [4.69, 9.17) is 5.11 Å². The number of rotatable bonds is 3. The largest absolute Gasteiger partial charge is 0.396 e. The van der Waals surface area contributed by atoms with Gasteiger partial charge in [-0.05, 0) is 13.3 Å². The van der Waals surface area contributed by atoms with E-state index in [0.29, 0.717) is 12.5 Å². The number of aromatic nitrogens is 2.